The van der Waals surface area contributed by atoms with E-state index >= 15 is 0 Å². The van der Waals surface area contributed by atoms with Gasteiger partial charge >= 0.3 is 5.97 Å². The van der Waals surface area contributed by atoms with Gasteiger partial charge in [-0.05, 0) is 24.3 Å². The summed E-state index contributed by atoms with van der Waals surface area (Å²) in [5.41, 5.74) is 0.676. The molecule has 2 aromatic heterocycles. The number of benzene rings is 1. The van der Waals surface area contributed by atoms with Gasteiger partial charge in [0.15, 0.2) is 10.9 Å². The van der Waals surface area contributed by atoms with E-state index in [-0.39, 0.29) is 28.4 Å². The zero-order valence-corrected chi connectivity index (χ0v) is 14.9. The van der Waals surface area contributed by atoms with E-state index in [9.17, 15) is 19.2 Å². The van der Waals surface area contributed by atoms with E-state index in [1.807, 2.05) is 0 Å². The fourth-order valence-corrected chi connectivity index (χ4v) is 3.25. The lowest BCUT2D eigenvalue weighted by molar-refractivity contribution is -0.167. The van der Waals surface area contributed by atoms with Gasteiger partial charge in [0.2, 0.25) is 0 Å². The summed E-state index contributed by atoms with van der Waals surface area (Å²) >= 11 is 1.11. The molecule has 1 aliphatic heterocycles. The lowest BCUT2D eigenvalue weighted by atomic mass is 10.1. The van der Waals surface area contributed by atoms with E-state index in [1.165, 1.54) is 24.5 Å². The molecule has 0 saturated heterocycles. The molecule has 0 aliphatic carbocycles. The second-order valence-electron chi connectivity index (χ2n) is 5.67. The highest BCUT2D eigenvalue weighted by Crippen LogP contribution is 2.23. The van der Waals surface area contributed by atoms with E-state index in [2.05, 4.69) is 10.3 Å². The molecule has 9 nitrogen and oxygen atoms in total. The fraction of sp³-hybridized carbons (Fsp3) is 0.0556. The Labute approximate surface area is 161 Å². The van der Waals surface area contributed by atoms with Gasteiger partial charge in [-0.1, -0.05) is 17.2 Å². The van der Waals surface area contributed by atoms with Crippen LogP contribution in [0.1, 0.15) is 37.0 Å². The largest absolute Gasteiger partial charge is 0.459 e. The third kappa shape index (κ3) is 3.28. The summed E-state index contributed by atoms with van der Waals surface area (Å²) in [6.07, 6.45) is 1.10. The van der Waals surface area contributed by atoms with Crippen LogP contribution in [0.2, 0.25) is 0 Å². The van der Waals surface area contributed by atoms with E-state index in [0.717, 1.165) is 11.3 Å². The molecule has 1 N–H and O–H groups in total. The predicted molar refractivity (Wildman–Crippen MR) is 95.5 cm³/mol. The Morgan fingerprint density at radius 1 is 1.11 bits per heavy atom. The number of fused-ring (bicyclic) bond motifs is 1. The number of anilines is 1. The van der Waals surface area contributed by atoms with Crippen LogP contribution in [0.5, 0.6) is 0 Å². The van der Waals surface area contributed by atoms with Gasteiger partial charge in [-0.25, -0.2) is 9.78 Å². The Morgan fingerprint density at radius 3 is 2.46 bits per heavy atom. The van der Waals surface area contributed by atoms with Gasteiger partial charge in [-0.3, -0.25) is 19.7 Å². The first-order valence-electron chi connectivity index (χ1n) is 8.01. The minimum Gasteiger partial charge on any atom is -0.459 e. The summed E-state index contributed by atoms with van der Waals surface area (Å²) in [7, 11) is 0. The predicted octanol–water partition coefficient (Wildman–Crippen LogP) is 2.29. The molecule has 0 unspecified atom stereocenters. The van der Waals surface area contributed by atoms with Crippen molar-refractivity contribution in [1.82, 2.24) is 10.0 Å². The number of thiazole rings is 1. The average molecular weight is 397 g/mol. The molecule has 0 radical (unpaired) electrons. The smallest absolute Gasteiger partial charge is 0.339 e. The third-order valence-corrected chi connectivity index (χ3v) is 4.60. The second-order valence-corrected chi connectivity index (χ2v) is 6.52. The lowest BCUT2D eigenvalue weighted by Gasteiger charge is -2.12. The first-order chi connectivity index (χ1) is 13.5. The number of rotatable bonds is 5. The first-order valence-corrected chi connectivity index (χ1v) is 8.89. The van der Waals surface area contributed by atoms with E-state index < -0.39 is 23.7 Å². The number of hydrogen-bond acceptors (Lipinski definition) is 8. The van der Waals surface area contributed by atoms with Crippen LogP contribution >= 0.6 is 11.3 Å². The van der Waals surface area contributed by atoms with Crippen molar-refractivity contribution in [2.24, 2.45) is 0 Å². The van der Waals surface area contributed by atoms with Crippen LogP contribution in [0.4, 0.5) is 5.13 Å². The maximum Gasteiger partial charge on any atom is 0.339 e. The molecule has 3 aromatic rings. The SMILES string of the molecule is O=C(Cc1csc(NC(=O)c2ccco2)n1)ON1C(=O)c2ccccc2C1=O. The van der Waals surface area contributed by atoms with Crippen LogP contribution in [0.15, 0.2) is 52.5 Å². The van der Waals surface area contributed by atoms with Crippen molar-refractivity contribution in [2.45, 2.75) is 6.42 Å². The summed E-state index contributed by atoms with van der Waals surface area (Å²) in [6.45, 7) is 0. The van der Waals surface area contributed by atoms with Crippen LogP contribution in [-0.4, -0.2) is 33.7 Å². The summed E-state index contributed by atoms with van der Waals surface area (Å²) in [4.78, 5) is 57.4. The monoisotopic (exact) mass is 397 g/mol. The Morgan fingerprint density at radius 2 is 1.82 bits per heavy atom. The molecular weight excluding hydrogens is 386 g/mol. The van der Waals surface area contributed by atoms with Crippen molar-refractivity contribution >= 4 is 40.2 Å². The van der Waals surface area contributed by atoms with Crippen molar-refractivity contribution in [3.05, 3.63) is 70.6 Å². The summed E-state index contributed by atoms with van der Waals surface area (Å²) < 4.78 is 4.98. The summed E-state index contributed by atoms with van der Waals surface area (Å²) in [5, 5.41) is 4.81. The Bertz CT molecular complexity index is 1050. The molecule has 0 saturated carbocycles. The number of imide groups is 1. The molecule has 3 amide bonds. The number of hydrogen-bond donors (Lipinski definition) is 1. The van der Waals surface area contributed by atoms with Gasteiger partial charge in [0.25, 0.3) is 17.7 Å². The molecule has 0 fully saturated rings. The average Bonchev–Trinajstić information content (AvgIpc) is 3.41. The number of aromatic nitrogens is 1. The summed E-state index contributed by atoms with van der Waals surface area (Å²) in [5.74, 6) is -2.57. The van der Waals surface area contributed by atoms with Crippen molar-refractivity contribution in [3.63, 3.8) is 0 Å². The molecule has 1 aliphatic rings. The van der Waals surface area contributed by atoms with Gasteiger partial charge in [-0.2, -0.15) is 0 Å². The molecule has 140 valence electrons. The van der Waals surface area contributed by atoms with Crippen LogP contribution in [-0.2, 0) is 16.1 Å². The Kier molecular flexibility index (Phi) is 4.45. The van der Waals surface area contributed by atoms with Crippen molar-refractivity contribution in [1.29, 1.82) is 0 Å². The zero-order chi connectivity index (χ0) is 19.7. The van der Waals surface area contributed by atoms with Gasteiger partial charge < -0.3 is 9.25 Å². The number of carbonyl (C=O) groups excluding carboxylic acids is 4. The number of nitrogens with one attached hydrogen (secondary N) is 1. The first kappa shape index (κ1) is 17.6. The number of hydroxylamine groups is 2. The van der Waals surface area contributed by atoms with Gasteiger partial charge in [0.05, 0.1) is 29.5 Å². The minimum atomic E-state index is -0.830. The third-order valence-electron chi connectivity index (χ3n) is 3.79. The maximum atomic E-state index is 12.2. The quantitative estimate of drug-likeness (QED) is 0.656. The molecule has 3 heterocycles. The molecule has 0 atom stereocenters. The van der Waals surface area contributed by atoms with Crippen LogP contribution in [0, 0.1) is 0 Å². The van der Waals surface area contributed by atoms with Crippen LogP contribution < -0.4 is 5.32 Å². The van der Waals surface area contributed by atoms with E-state index in [4.69, 9.17) is 9.25 Å². The zero-order valence-electron chi connectivity index (χ0n) is 14.1. The van der Waals surface area contributed by atoms with Crippen LogP contribution in [0.3, 0.4) is 0 Å². The van der Waals surface area contributed by atoms with Gasteiger partial charge in [0.1, 0.15) is 0 Å². The van der Waals surface area contributed by atoms with Gasteiger partial charge in [-0.15, -0.1) is 11.3 Å². The van der Waals surface area contributed by atoms with E-state index in [1.54, 1.807) is 23.6 Å². The van der Waals surface area contributed by atoms with Crippen molar-refractivity contribution in [2.75, 3.05) is 5.32 Å². The number of furan rings is 1. The summed E-state index contributed by atoms with van der Waals surface area (Å²) in [6, 6.07) is 9.28. The highest BCUT2D eigenvalue weighted by molar-refractivity contribution is 7.14. The van der Waals surface area contributed by atoms with Crippen molar-refractivity contribution in [3.8, 4) is 0 Å². The maximum absolute atomic E-state index is 12.2. The molecule has 0 spiro atoms. The highest BCUT2D eigenvalue weighted by atomic mass is 32.1. The normalized spacial score (nSPS) is 12.8. The Hall–Kier alpha value is -3.79. The van der Waals surface area contributed by atoms with E-state index in [0.29, 0.717) is 10.8 Å². The molecule has 4 rings (SSSR count). The molecule has 10 heteroatoms. The minimum absolute atomic E-state index is 0.127. The lowest BCUT2D eigenvalue weighted by Crippen LogP contribution is -2.33. The Balaban J connectivity index is 1.37. The number of nitrogens with zero attached hydrogens (tertiary/aromatic N) is 2. The van der Waals surface area contributed by atoms with Crippen LogP contribution in [0.25, 0.3) is 0 Å². The number of amides is 3. The second kappa shape index (κ2) is 7.08. The molecule has 0 bridgehead atoms. The standard InChI is InChI=1S/C18H11N3O6S/c22-14(27-21-16(24)11-4-1-2-5-12(11)17(21)25)8-10-9-28-18(19-10)20-15(23)13-6-3-7-26-13/h1-7,9H,8H2,(H,19,20,23). The molecule has 28 heavy (non-hydrogen) atoms. The number of carbonyl (C=O) groups is 4. The topological polar surface area (TPSA) is 119 Å². The molecule has 1 aromatic carbocycles. The van der Waals surface area contributed by atoms with Gasteiger partial charge in [0, 0.05) is 5.38 Å². The van der Waals surface area contributed by atoms with Crippen molar-refractivity contribution < 1.29 is 28.4 Å². The fourth-order valence-electron chi connectivity index (χ4n) is 2.54. The highest BCUT2D eigenvalue weighted by Gasteiger charge is 2.38. The molecular formula is C18H11N3O6S.